The van der Waals surface area contributed by atoms with Gasteiger partial charge in [-0.1, -0.05) is 29.4 Å². The minimum Gasteiger partial charge on any atom is -0.507 e. The van der Waals surface area contributed by atoms with E-state index in [-0.39, 0.29) is 23.4 Å². The third-order valence-corrected chi connectivity index (χ3v) is 6.99. The molecule has 2 bridgehead atoms. The van der Waals surface area contributed by atoms with Crippen LogP contribution in [0.1, 0.15) is 19.8 Å². The first-order valence-corrected chi connectivity index (χ1v) is 10.5. The molecule has 2 aliphatic heterocycles. The Morgan fingerprint density at radius 2 is 2.17 bits per heavy atom. The lowest BCUT2D eigenvalue weighted by atomic mass is 9.66. The highest BCUT2D eigenvalue weighted by atomic mass is 32.1. The fourth-order valence-electron chi connectivity index (χ4n) is 4.44. The number of nitrogens with one attached hydrogen (secondary N) is 2. The van der Waals surface area contributed by atoms with Crippen LogP contribution in [-0.4, -0.2) is 57.4 Å². The molecule has 2 aromatic heterocycles. The third-order valence-electron chi connectivity index (χ3n) is 6.14. The number of H-pyrrole nitrogens is 1. The minimum atomic E-state index is -0.0784. The van der Waals surface area contributed by atoms with Gasteiger partial charge in [0.2, 0.25) is 0 Å². The van der Waals surface area contributed by atoms with Crippen LogP contribution in [0.15, 0.2) is 30.6 Å². The number of methoxy groups -OCH3 is 1. The van der Waals surface area contributed by atoms with Crippen molar-refractivity contribution in [2.24, 2.45) is 5.41 Å². The summed E-state index contributed by atoms with van der Waals surface area (Å²) < 4.78 is 12.1. The summed E-state index contributed by atoms with van der Waals surface area (Å²) >= 11 is 1.34. The molecule has 9 heteroatoms. The number of benzene rings is 1. The fraction of sp³-hybridized carbons (Fsp3) is 0.450. The molecule has 4 atom stereocenters. The van der Waals surface area contributed by atoms with Gasteiger partial charge in [0.15, 0.2) is 5.01 Å². The van der Waals surface area contributed by atoms with Gasteiger partial charge in [-0.25, -0.2) is 0 Å². The molecule has 29 heavy (non-hydrogen) atoms. The van der Waals surface area contributed by atoms with Gasteiger partial charge in [-0.3, -0.25) is 5.10 Å². The summed E-state index contributed by atoms with van der Waals surface area (Å²) in [6, 6.07) is 5.78. The average molecular weight is 414 g/mol. The molecular weight excluding hydrogens is 390 g/mol. The fourth-order valence-corrected chi connectivity index (χ4v) is 5.21. The van der Waals surface area contributed by atoms with Crippen LogP contribution < -0.4 is 10.1 Å². The number of aromatic nitrogens is 4. The van der Waals surface area contributed by atoms with Gasteiger partial charge in [-0.05, 0) is 30.5 Å². The maximum atomic E-state index is 10.5. The summed E-state index contributed by atoms with van der Waals surface area (Å²) in [5.74, 6) is 0.147. The second-order valence-corrected chi connectivity index (χ2v) is 8.95. The van der Waals surface area contributed by atoms with Gasteiger partial charge in [-0.15, -0.1) is 5.10 Å². The maximum Gasteiger partial charge on any atom is 0.294 e. The first kappa shape index (κ1) is 18.5. The average Bonchev–Trinajstić information content (AvgIpc) is 3.41. The lowest BCUT2D eigenvalue weighted by molar-refractivity contribution is -0.132. The molecular formula is C20H23N5O3S. The number of phenols is 1. The van der Waals surface area contributed by atoms with E-state index in [1.807, 2.05) is 12.1 Å². The van der Waals surface area contributed by atoms with E-state index in [1.165, 1.54) is 11.3 Å². The molecule has 8 nitrogen and oxygen atoms in total. The number of fused-ring (bicyclic) bond motifs is 3. The number of nitrogens with zero attached hydrogens (tertiary/aromatic N) is 3. The van der Waals surface area contributed by atoms with Gasteiger partial charge < -0.3 is 19.9 Å². The zero-order valence-electron chi connectivity index (χ0n) is 16.3. The molecule has 0 radical (unpaired) electrons. The van der Waals surface area contributed by atoms with E-state index >= 15 is 0 Å². The molecule has 4 heterocycles. The van der Waals surface area contributed by atoms with Gasteiger partial charge in [-0.2, -0.15) is 5.10 Å². The highest BCUT2D eigenvalue weighted by Crippen LogP contribution is 2.44. The highest BCUT2D eigenvalue weighted by molar-refractivity contribution is 7.16. The van der Waals surface area contributed by atoms with Crippen molar-refractivity contribution in [1.29, 1.82) is 0 Å². The number of ether oxygens (including phenoxy) is 2. The van der Waals surface area contributed by atoms with Crippen LogP contribution in [0, 0.1) is 5.41 Å². The molecule has 6 rings (SSSR count). The van der Waals surface area contributed by atoms with Crippen LogP contribution in [0.2, 0.25) is 0 Å². The smallest absolute Gasteiger partial charge is 0.294 e. The lowest BCUT2D eigenvalue weighted by Gasteiger charge is -2.53. The van der Waals surface area contributed by atoms with Crippen LogP contribution >= 0.6 is 11.3 Å². The Balaban J connectivity index is 1.38. The molecule has 2 saturated heterocycles. The molecule has 3 N–H and O–H groups in total. The second-order valence-electron chi connectivity index (χ2n) is 8.01. The van der Waals surface area contributed by atoms with Crippen molar-refractivity contribution >= 4 is 11.3 Å². The molecule has 152 valence electrons. The number of rotatable bonds is 5. The number of phenolic OH excluding ortho intramolecular Hbond substituents is 1. The number of aromatic hydroxyl groups is 1. The molecule has 2 unspecified atom stereocenters. The van der Waals surface area contributed by atoms with Crippen LogP contribution in [0.4, 0.5) is 0 Å². The number of hydrogen-bond acceptors (Lipinski definition) is 8. The molecule has 1 aliphatic carbocycles. The van der Waals surface area contributed by atoms with Crippen LogP contribution in [0.3, 0.4) is 0 Å². The molecule has 3 aliphatic rings. The predicted octanol–water partition coefficient (Wildman–Crippen LogP) is 2.84. The maximum absolute atomic E-state index is 10.5. The molecule has 3 fully saturated rings. The Bertz CT molecular complexity index is 997. The topological polar surface area (TPSA) is 105 Å². The highest BCUT2D eigenvalue weighted by Gasteiger charge is 2.53. The predicted molar refractivity (Wildman–Crippen MR) is 109 cm³/mol. The summed E-state index contributed by atoms with van der Waals surface area (Å²) in [6.45, 7) is 3.14. The van der Waals surface area contributed by atoms with Crippen LogP contribution in [0.5, 0.6) is 10.9 Å². The summed E-state index contributed by atoms with van der Waals surface area (Å²) in [5, 5.41) is 30.4. The van der Waals surface area contributed by atoms with Crippen molar-refractivity contribution < 1.29 is 14.6 Å². The Kier molecular flexibility index (Phi) is 4.53. The SMILES string of the molecule is COC1C2CC[C@](C)(CN2)[C@H]1Oc1nnc(-c2ccc(-c3cn[nH]c3)cc2O)s1. The van der Waals surface area contributed by atoms with Crippen molar-refractivity contribution in [3.8, 4) is 32.6 Å². The standard InChI is InChI=1S/C20H23N5O3S/c1-20-6-5-14(21-10-20)16(27-2)17(20)28-19-25-24-18(29-19)13-4-3-11(7-15(13)26)12-8-22-23-9-12/h3-4,7-9,14,16-17,21,26H,5-6,10H2,1-2H3,(H,22,23)/t14?,16?,17-,20+/m0/s1. The first-order chi connectivity index (χ1) is 14.1. The van der Waals surface area contributed by atoms with Gasteiger partial charge in [0.05, 0.1) is 11.8 Å². The van der Waals surface area contributed by atoms with Crippen molar-refractivity contribution in [1.82, 2.24) is 25.7 Å². The van der Waals surface area contributed by atoms with E-state index in [1.54, 1.807) is 25.6 Å². The summed E-state index contributed by atoms with van der Waals surface area (Å²) in [5.41, 5.74) is 2.41. The van der Waals surface area contributed by atoms with Crippen LogP contribution in [0.25, 0.3) is 21.7 Å². The zero-order chi connectivity index (χ0) is 20.0. The van der Waals surface area contributed by atoms with Crippen molar-refractivity contribution in [2.45, 2.75) is 38.0 Å². The zero-order valence-corrected chi connectivity index (χ0v) is 17.1. The number of hydrogen-bond donors (Lipinski definition) is 3. The Morgan fingerprint density at radius 1 is 1.28 bits per heavy atom. The van der Waals surface area contributed by atoms with E-state index in [4.69, 9.17) is 9.47 Å². The molecule has 3 aromatic rings. The second kappa shape index (κ2) is 7.08. The van der Waals surface area contributed by atoms with E-state index in [2.05, 4.69) is 32.6 Å². The van der Waals surface area contributed by atoms with Gasteiger partial charge >= 0.3 is 0 Å². The van der Waals surface area contributed by atoms with E-state index < -0.39 is 0 Å². The Hall–Kier alpha value is -2.49. The minimum absolute atomic E-state index is 0.00432. The molecule has 1 saturated carbocycles. The third kappa shape index (κ3) is 3.19. The van der Waals surface area contributed by atoms with E-state index in [0.29, 0.717) is 21.8 Å². The van der Waals surface area contributed by atoms with Crippen molar-refractivity contribution in [3.05, 3.63) is 30.6 Å². The summed E-state index contributed by atoms with van der Waals surface area (Å²) in [7, 11) is 1.73. The van der Waals surface area contributed by atoms with Gasteiger partial charge in [0.25, 0.3) is 5.19 Å². The molecule has 0 spiro atoms. The van der Waals surface area contributed by atoms with Crippen molar-refractivity contribution in [3.63, 3.8) is 0 Å². The normalized spacial score (nSPS) is 28.6. The summed E-state index contributed by atoms with van der Waals surface area (Å²) in [6.07, 6.45) is 5.59. The Morgan fingerprint density at radius 3 is 2.86 bits per heavy atom. The lowest BCUT2D eigenvalue weighted by Crippen LogP contribution is -2.68. The van der Waals surface area contributed by atoms with Crippen LogP contribution in [-0.2, 0) is 4.74 Å². The van der Waals surface area contributed by atoms with E-state index in [0.717, 1.165) is 30.5 Å². The summed E-state index contributed by atoms with van der Waals surface area (Å²) in [4.78, 5) is 0. The monoisotopic (exact) mass is 413 g/mol. The number of aromatic amines is 1. The first-order valence-electron chi connectivity index (χ1n) is 9.66. The number of piperidine rings is 2. The van der Waals surface area contributed by atoms with Gasteiger partial charge in [0, 0.05) is 36.9 Å². The van der Waals surface area contributed by atoms with Gasteiger partial charge in [0.1, 0.15) is 18.0 Å². The Labute approximate surface area is 172 Å². The van der Waals surface area contributed by atoms with Crippen molar-refractivity contribution in [2.75, 3.05) is 13.7 Å². The molecule has 0 amide bonds. The quantitative estimate of drug-likeness (QED) is 0.591. The van der Waals surface area contributed by atoms with E-state index in [9.17, 15) is 5.11 Å². The largest absolute Gasteiger partial charge is 0.507 e. The molecule has 1 aromatic carbocycles.